The molecule has 0 unspecified atom stereocenters. The van der Waals surface area contributed by atoms with Gasteiger partial charge in [-0.2, -0.15) is 0 Å². The van der Waals surface area contributed by atoms with E-state index < -0.39 is 0 Å². The van der Waals surface area contributed by atoms with E-state index in [1.807, 2.05) is 12.1 Å². The first-order valence-corrected chi connectivity index (χ1v) is 9.66. The van der Waals surface area contributed by atoms with Gasteiger partial charge in [-0.15, -0.1) is 11.3 Å². The van der Waals surface area contributed by atoms with Crippen LogP contribution in [0, 0.1) is 0 Å². The van der Waals surface area contributed by atoms with Gasteiger partial charge in [0.25, 0.3) is 0 Å². The third kappa shape index (κ3) is 6.14. The van der Waals surface area contributed by atoms with E-state index >= 15 is 0 Å². The van der Waals surface area contributed by atoms with Gasteiger partial charge in [0.15, 0.2) is 5.11 Å². The minimum Gasteiger partial charge on any atom is -0.465 e. The van der Waals surface area contributed by atoms with Gasteiger partial charge in [-0.25, -0.2) is 4.79 Å². The molecule has 0 aliphatic carbocycles. The molecule has 1 aromatic heterocycles. The normalized spacial score (nSPS) is 10.3. The number of methoxy groups -OCH3 is 1. The van der Waals surface area contributed by atoms with Crippen molar-refractivity contribution in [3.63, 3.8) is 0 Å². The number of rotatable bonds is 8. The third-order valence-corrected chi connectivity index (χ3v) is 5.23. The Labute approximate surface area is 158 Å². The Kier molecular flexibility index (Phi) is 7.88. The molecule has 0 spiro atoms. The lowest BCUT2D eigenvalue weighted by molar-refractivity contribution is 0.0602. The number of carbonyl (C=O) groups excluding carboxylic acids is 1. The van der Waals surface area contributed by atoms with Gasteiger partial charge in [0.05, 0.1) is 12.7 Å². The number of hydrogen-bond donors (Lipinski definition) is 2. The Bertz CT molecular complexity index is 699. The molecule has 0 saturated carbocycles. The summed E-state index contributed by atoms with van der Waals surface area (Å²) in [5.74, 6) is -0.343. The Hall–Kier alpha value is -1.92. The fraction of sp³-hybridized carbons (Fsp3) is 0.368. The molecule has 2 N–H and O–H groups in total. The van der Waals surface area contributed by atoms with Crippen molar-refractivity contribution in [2.45, 2.75) is 32.6 Å². The Morgan fingerprint density at radius 2 is 2.00 bits per heavy atom. The molecule has 2 aromatic rings. The predicted octanol–water partition coefficient (Wildman–Crippen LogP) is 4.41. The molecule has 0 aliphatic heterocycles. The fourth-order valence-electron chi connectivity index (χ4n) is 2.42. The van der Waals surface area contributed by atoms with E-state index in [0.29, 0.717) is 10.7 Å². The van der Waals surface area contributed by atoms with Crippen molar-refractivity contribution in [3.8, 4) is 0 Å². The summed E-state index contributed by atoms with van der Waals surface area (Å²) in [6, 6.07) is 12.3. The zero-order chi connectivity index (χ0) is 18.1. The van der Waals surface area contributed by atoms with Crippen molar-refractivity contribution < 1.29 is 9.53 Å². The fourth-order valence-corrected chi connectivity index (χ4v) is 3.68. The molecule has 0 amide bonds. The summed E-state index contributed by atoms with van der Waals surface area (Å²) < 4.78 is 4.84. The summed E-state index contributed by atoms with van der Waals surface area (Å²) in [5, 5.41) is 7.61. The minimum atomic E-state index is -0.343. The van der Waals surface area contributed by atoms with Crippen LogP contribution in [-0.2, 0) is 17.6 Å². The number of benzene rings is 1. The number of unbranched alkanes of at least 4 members (excludes halogenated alkanes) is 1. The number of thiophene rings is 1. The van der Waals surface area contributed by atoms with E-state index in [2.05, 4.69) is 41.8 Å². The average Bonchev–Trinajstić information content (AvgIpc) is 3.04. The predicted molar refractivity (Wildman–Crippen MR) is 109 cm³/mol. The van der Waals surface area contributed by atoms with Crippen LogP contribution in [0.4, 0.5) is 5.00 Å². The molecule has 25 heavy (non-hydrogen) atoms. The average molecular weight is 377 g/mol. The number of aryl methyl sites for hydroxylation is 2. The monoisotopic (exact) mass is 376 g/mol. The molecule has 0 saturated heterocycles. The standard InChI is InChI=1S/C19H24N2O2S2/c1-3-15-13-16(18(22)23-2)17(25-15)21-19(24)20-12-8-7-11-14-9-5-4-6-10-14/h4-6,9-10,13H,3,7-8,11-12H2,1-2H3,(H2,20,21,24). The molecule has 2 rings (SSSR count). The summed E-state index contributed by atoms with van der Waals surface area (Å²) in [6.45, 7) is 2.86. The van der Waals surface area contributed by atoms with Crippen LogP contribution in [-0.4, -0.2) is 24.7 Å². The van der Waals surface area contributed by atoms with Gasteiger partial charge in [-0.3, -0.25) is 0 Å². The van der Waals surface area contributed by atoms with E-state index in [1.165, 1.54) is 24.0 Å². The molecule has 0 fully saturated rings. The number of ether oxygens (including phenoxy) is 1. The number of hydrogen-bond acceptors (Lipinski definition) is 4. The maximum atomic E-state index is 11.9. The van der Waals surface area contributed by atoms with Gasteiger partial charge in [0.1, 0.15) is 5.00 Å². The Balaban J connectivity index is 1.76. The van der Waals surface area contributed by atoms with Gasteiger partial charge in [-0.1, -0.05) is 37.3 Å². The molecule has 0 bridgehead atoms. The minimum absolute atomic E-state index is 0.343. The molecule has 4 nitrogen and oxygen atoms in total. The van der Waals surface area contributed by atoms with Gasteiger partial charge in [0, 0.05) is 11.4 Å². The van der Waals surface area contributed by atoms with Crippen LogP contribution >= 0.6 is 23.6 Å². The molecule has 6 heteroatoms. The van der Waals surface area contributed by atoms with Gasteiger partial charge in [-0.05, 0) is 49.5 Å². The van der Waals surface area contributed by atoms with E-state index in [1.54, 1.807) is 0 Å². The lowest BCUT2D eigenvalue weighted by atomic mass is 10.1. The number of carbonyl (C=O) groups is 1. The first-order valence-electron chi connectivity index (χ1n) is 8.43. The molecule has 134 valence electrons. The smallest absolute Gasteiger partial charge is 0.340 e. The van der Waals surface area contributed by atoms with Crippen LogP contribution in [0.3, 0.4) is 0 Å². The van der Waals surface area contributed by atoms with Crippen LogP contribution in [0.2, 0.25) is 0 Å². The summed E-state index contributed by atoms with van der Waals surface area (Å²) in [5.41, 5.74) is 1.90. The van der Waals surface area contributed by atoms with E-state index in [9.17, 15) is 4.79 Å². The highest BCUT2D eigenvalue weighted by molar-refractivity contribution is 7.80. The largest absolute Gasteiger partial charge is 0.465 e. The maximum absolute atomic E-state index is 11.9. The highest BCUT2D eigenvalue weighted by Crippen LogP contribution is 2.29. The van der Waals surface area contributed by atoms with Crippen LogP contribution < -0.4 is 10.6 Å². The number of anilines is 1. The van der Waals surface area contributed by atoms with Gasteiger partial charge < -0.3 is 15.4 Å². The van der Waals surface area contributed by atoms with E-state index in [-0.39, 0.29) is 5.97 Å². The van der Waals surface area contributed by atoms with Gasteiger partial charge >= 0.3 is 5.97 Å². The molecule has 0 aliphatic rings. The highest BCUT2D eigenvalue weighted by Gasteiger charge is 2.16. The summed E-state index contributed by atoms with van der Waals surface area (Å²) in [4.78, 5) is 13.0. The van der Waals surface area contributed by atoms with Crippen molar-refractivity contribution in [3.05, 3.63) is 52.4 Å². The second-order valence-corrected chi connectivity index (χ2v) is 7.17. The van der Waals surface area contributed by atoms with Gasteiger partial charge in [0.2, 0.25) is 0 Å². The molecule has 0 radical (unpaired) electrons. The number of thiocarbonyl (C=S) groups is 1. The van der Waals surface area contributed by atoms with E-state index in [0.717, 1.165) is 42.1 Å². The SMILES string of the molecule is CCc1cc(C(=O)OC)c(NC(=S)NCCCCc2ccccc2)s1. The number of esters is 1. The maximum Gasteiger partial charge on any atom is 0.340 e. The number of nitrogens with one attached hydrogen (secondary N) is 2. The summed E-state index contributed by atoms with van der Waals surface area (Å²) >= 11 is 6.87. The first kappa shape index (κ1) is 19.4. The van der Waals surface area contributed by atoms with Crippen LogP contribution in [0.1, 0.15) is 40.6 Å². The van der Waals surface area contributed by atoms with Crippen molar-refractivity contribution in [1.82, 2.24) is 5.32 Å². The third-order valence-electron chi connectivity index (χ3n) is 3.78. The molecule has 0 atom stereocenters. The summed E-state index contributed by atoms with van der Waals surface area (Å²) in [6.07, 6.45) is 4.08. The van der Waals surface area contributed by atoms with E-state index in [4.69, 9.17) is 17.0 Å². The molecular weight excluding hydrogens is 352 g/mol. The Morgan fingerprint density at radius 3 is 2.68 bits per heavy atom. The van der Waals surface area contributed by atoms with Crippen LogP contribution in [0.25, 0.3) is 0 Å². The van der Waals surface area contributed by atoms with Crippen molar-refractivity contribution in [2.24, 2.45) is 0 Å². The van der Waals surface area contributed by atoms with Crippen molar-refractivity contribution in [1.29, 1.82) is 0 Å². The first-order chi connectivity index (χ1) is 12.1. The van der Waals surface area contributed by atoms with Crippen LogP contribution in [0.15, 0.2) is 36.4 Å². The summed E-state index contributed by atoms with van der Waals surface area (Å²) in [7, 11) is 1.39. The molecule has 1 aromatic carbocycles. The molecular formula is C19H24N2O2S2. The van der Waals surface area contributed by atoms with Crippen molar-refractivity contribution in [2.75, 3.05) is 19.0 Å². The zero-order valence-corrected chi connectivity index (χ0v) is 16.3. The highest BCUT2D eigenvalue weighted by atomic mass is 32.1. The van der Waals surface area contributed by atoms with Crippen LogP contribution in [0.5, 0.6) is 0 Å². The second kappa shape index (κ2) is 10.2. The lowest BCUT2D eigenvalue weighted by Gasteiger charge is -2.10. The second-order valence-electron chi connectivity index (χ2n) is 5.62. The topological polar surface area (TPSA) is 50.4 Å². The Morgan fingerprint density at radius 1 is 1.24 bits per heavy atom. The molecule has 1 heterocycles. The van der Waals surface area contributed by atoms with Crippen molar-refractivity contribution >= 4 is 39.6 Å². The zero-order valence-electron chi connectivity index (χ0n) is 14.6. The lowest BCUT2D eigenvalue weighted by Crippen LogP contribution is -2.29. The quantitative estimate of drug-likeness (QED) is 0.406.